The fourth-order valence-electron chi connectivity index (χ4n) is 3.26. The Kier molecular flexibility index (Phi) is 4.99. The van der Waals surface area contributed by atoms with Crippen LogP contribution in [0.4, 0.5) is 5.69 Å². The number of aromatic nitrogens is 1. The summed E-state index contributed by atoms with van der Waals surface area (Å²) in [4.78, 5) is 16.4. The Labute approximate surface area is 136 Å². The van der Waals surface area contributed by atoms with E-state index in [9.17, 15) is 4.79 Å². The molecule has 0 amide bonds. The molecule has 4 nitrogen and oxygen atoms in total. The molecule has 2 aliphatic rings. The first-order chi connectivity index (χ1) is 10.7. The molecule has 2 aliphatic carbocycles. The number of halogens is 1. The molecule has 1 heterocycles. The Balaban J connectivity index is 1.62. The Bertz CT molecular complexity index is 537. The minimum Gasteiger partial charge on any atom is -0.384 e. The molecule has 3 N–H and O–H groups in total. The second-order valence-corrected chi connectivity index (χ2v) is 7.08. The zero-order chi connectivity index (χ0) is 15.5. The lowest BCUT2D eigenvalue weighted by atomic mass is 9.82. The summed E-state index contributed by atoms with van der Waals surface area (Å²) in [6.07, 6.45) is 8.48. The number of ketones is 1. The van der Waals surface area contributed by atoms with E-state index in [2.05, 4.69) is 10.3 Å². The van der Waals surface area contributed by atoms with Crippen LogP contribution in [0.1, 0.15) is 48.9 Å². The molecule has 0 aliphatic heterocycles. The second-order valence-electron chi connectivity index (χ2n) is 6.69. The molecule has 0 atom stereocenters. The van der Waals surface area contributed by atoms with Crippen LogP contribution in [-0.4, -0.2) is 23.9 Å². The molecule has 22 heavy (non-hydrogen) atoms. The summed E-state index contributed by atoms with van der Waals surface area (Å²) in [5.41, 5.74) is 7.29. The smallest absolute Gasteiger partial charge is 0.169 e. The Morgan fingerprint density at radius 2 is 1.91 bits per heavy atom. The van der Waals surface area contributed by atoms with E-state index < -0.39 is 0 Å². The molecular formula is C17H24ClN3O. The number of rotatable bonds is 6. The van der Waals surface area contributed by atoms with Gasteiger partial charge in [0.05, 0.1) is 5.56 Å². The van der Waals surface area contributed by atoms with E-state index in [1.54, 1.807) is 12.3 Å². The molecule has 5 heteroatoms. The van der Waals surface area contributed by atoms with Crippen molar-refractivity contribution in [2.24, 2.45) is 23.5 Å². The van der Waals surface area contributed by atoms with Gasteiger partial charge in [0.15, 0.2) is 5.78 Å². The second kappa shape index (κ2) is 6.97. The summed E-state index contributed by atoms with van der Waals surface area (Å²) in [7, 11) is 0. The number of Topliss-reactive ketones (excluding diaryl/α,β-unsaturated/α-hetero) is 1. The summed E-state index contributed by atoms with van der Waals surface area (Å²) >= 11 is 6.00. The third kappa shape index (κ3) is 3.79. The maximum atomic E-state index is 12.3. The van der Waals surface area contributed by atoms with Crippen LogP contribution in [0.2, 0.25) is 5.15 Å². The number of hydrogen-bond acceptors (Lipinski definition) is 4. The molecule has 120 valence electrons. The third-order valence-electron chi connectivity index (χ3n) is 4.97. The van der Waals surface area contributed by atoms with Gasteiger partial charge in [0.2, 0.25) is 0 Å². The van der Waals surface area contributed by atoms with Gasteiger partial charge in [0.25, 0.3) is 0 Å². The summed E-state index contributed by atoms with van der Waals surface area (Å²) in [6, 6.07) is 1.78. The predicted octanol–water partition coefficient (Wildman–Crippen LogP) is 3.50. The Hall–Kier alpha value is -1.13. The van der Waals surface area contributed by atoms with E-state index in [-0.39, 0.29) is 11.7 Å². The fourth-order valence-corrected chi connectivity index (χ4v) is 3.42. The van der Waals surface area contributed by atoms with E-state index in [1.807, 2.05) is 0 Å². The van der Waals surface area contributed by atoms with Crippen molar-refractivity contribution in [3.8, 4) is 0 Å². The number of pyridine rings is 1. The van der Waals surface area contributed by atoms with Crippen LogP contribution in [0.25, 0.3) is 0 Å². The topological polar surface area (TPSA) is 68.0 Å². The first-order valence-electron chi connectivity index (χ1n) is 8.31. The Morgan fingerprint density at radius 3 is 2.55 bits per heavy atom. The van der Waals surface area contributed by atoms with Gasteiger partial charge >= 0.3 is 0 Å². The minimum absolute atomic E-state index is 0.198. The highest BCUT2D eigenvalue weighted by atomic mass is 35.5. The molecule has 0 aromatic carbocycles. The average Bonchev–Trinajstić information content (AvgIpc) is 3.38. The molecule has 3 rings (SSSR count). The Morgan fingerprint density at radius 1 is 1.23 bits per heavy atom. The zero-order valence-electron chi connectivity index (χ0n) is 12.9. The molecule has 1 aromatic rings. The van der Waals surface area contributed by atoms with Gasteiger partial charge in [-0.25, -0.2) is 4.98 Å². The van der Waals surface area contributed by atoms with Crippen molar-refractivity contribution in [1.82, 2.24) is 4.98 Å². The lowest BCUT2D eigenvalue weighted by Gasteiger charge is -2.28. The normalized spacial score (nSPS) is 25.0. The van der Waals surface area contributed by atoms with Gasteiger partial charge in [-0.3, -0.25) is 4.79 Å². The zero-order valence-corrected chi connectivity index (χ0v) is 13.6. The third-order valence-corrected chi connectivity index (χ3v) is 5.17. The van der Waals surface area contributed by atoms with Crippen molar-refractivity contribution >= 4 is 23.1 Å². The van der Waals surface area contributed by atoms with Crippen molar-refractivity contribution in [3.63, 3.8) is 0 Å². The molecule has 2 saturated carbocycles. The van der Waals surface area contributed by atoms with Crippen LogP contribution < -0.4 is 11.1 Å². The van der Waals surface area contributed by atoms with Crippen LogP contribution >= 0.6 is 11.6 Å². The van der Waals surface area contributed by atoms with Crippen LogP contribution in [0.15, 0.2) is 12.3 Å². The van der Waals surface area contributed by atoms with E-state index in [0.29, 0.717) is 22.6 Å². The standard InChI is InChI=1S/C17H24ClN3O/c18-16-7-15(14(10-21-16)17(22)13-5-6-13)20-9-12-3-1-11(8-19)2-4-12/h7,10-13H,1-6,8-9,19H2,(H,20,21). The average molecular weight is 322 g/mol. The molecule has 0 radical (unpaired) electrons. The van der Waals surface area contributed by atoms with E-state index in [4.69, 9.17) is 17.3 Å². The van der Waals surface area contributed by atoms with Crippen molar-refractivity contribution < 1.29 is 4.79 Å². The lowest BCUT2D eigenvalue weighted by molar-refractivity contribution is 0.0968. The first kappa shape index (κ1) is 15.8. The quantitative estimate of drug-likeness (QED) is 0.621. The van der Waals surface area contributed by atoms with Crippen LogP contribution in [-0.2, 0) is 0 Å². The minimum atomic E-state index is 0.198. The van der Waals surface area contributed by atoms with Crippen molar-refractivity contribution in [2.45, 2.75) is 38.5 Å². The number of carbonyl (C=O) groups excluding carboxylic acids is 1. The van der Waals surface area contributed by atoms with E-state index in [0.717, 1.165) is 31.6 Å². The molecule has 0 bridgehead atoms. The van der Waals surface area contributed by atoms with E-state index >= 15 is 0 Å². The van der Waals surface area contributed by atoms with Gasteiger partial charge < -0.3 is 11.1 Å². The van der Waals surface area contributed by atoms with Crippen molar-refractivity contribution in [2.75, 3.05) is 18.4 Å². The fraction of sp³-hybridized carbons (Fsp3) is 0.647. The molecule has 0 unspecified atom stereocenters. The summed E-state index contributed by atoms with van der Waals surface area (Å²) in [5, 5.41) is 3.88. The molecule has 0 spiro atoms. The number of carbonyl (C=O) groups is 1. The first-order valence-corrected chi connectivity index (χ1v) is 8.69. The number of anilines is 1. The van der Waals surface area contributed by atoms with Gasteiger partial charge in [-0.15, -0.1) is 0 Å². The van der Waals surface area contributed by atoms with Gasteiger partial charge in [-0.05, 0) is 63.0 Å². The van der Waals surface area contributed by atoms with Crippen molar-refractivity contribution in [1.29, 1.82) is 0 Å². The van der Waals surface area contributed by atoms with Gasteiger partial charge in [0.1, 0.15) is 5.15 Å². The van der Waals surface area contributed by atoms with Crippen LogP contribution in [0.5, 0.6) is 0 Å². The number of nitrogens with one attached hydrogen (secondary N) is 1. The summed E-state index contributed by atoms with van der Waals surface area (Å²) in [6.45, 7) is 1.70. The monoisotopic (exact) mass is 321 g/mol. The highest BCUT2D eigenvalue weighted by molar-refractivity contribution is 6.29. The lowest BCUT2D eigenvalue weighted by Crippen LogP contribution is -2.25. The van der Waals surface area contributed by atoms with Gasteiger partial charge in [0, 0.05) is 24.3 Å². The maximum Gasteiger partial charge on any atom is 0.169 e. The highest BCUT2D eigenvalue weighted by Gasteiger charge is 2.32. The van der Waals surface area contributed by atoms with Crippen molar-refractivity contribution in [3.05, 3.63) is 23.0 Å². The summed E-state index contributed by atoms with van der Waals surface area (Å²) < 4.78 is 0. The largest absolute Gasteiger partial charge is 0.384 e. The maximum absolute atomic E-state index is 12.3. The molecule has 0 saturated heterocycles. The van der Waals surface area contributed by atoms with Crippen LogP contribution in [0, 0.1) is 17.8 Å². The van der Waals surface area contributed by atoms with Gasteiger partial charge in [-0.2, -0.15) is 0 Å². The highest BCUT2D eigenvalue weighted by Crippen LogP contribution is 2.35. The molecule has 1 aromatic heterocycles. The van der Waals surface area contributed by atoms with Gasteiger partial charge in [-0.1, -0.05) is 11.6 Å². The van der Waals surface area contributed by atoms with E-state index in [1.165, 1.54) is 25.7 Å². The molecular weight excluding hydrogens is 298 g/mol. The number of nitrogens with two attached hydrogens (primary N) is 1. The molecule has 2 fully saturated rings. The predicted molar refractivity (Wildman–Crippen MR) is 89.3 cm³/mol. The SMILES string of the molecule is NCC1CCC(CNc2cc(Cl)ncc2C(=O)C2CC2)CC1. The number of hydrogen-bond donors (Lipinski definition) is 2. The number of nitrogens with zero attached hydrogens (tertiary/aromatic N) is 1. The van der Waals surface area contributed by atoms with Crippen LogP contribution in [0.3, 0.4) is 0 Å². The summed E-state index contributed by atoms with van der Waals surface area (Å²) in [5.74, 6) is 1.75.